The van der Waals surface area contributed by atoms with E-state index in [1.54, 1.807) is 31.4 Å². The maximum atomic E-state index is 14.0. The van der Waals surface area contributed by atoms with Crippen LogP contribution in [0, 0.1) is 0 Å². The van der Waals surface area contributed by atoms with Gasteiger partial charge in [0.1, 0.15) is 11.8 Å². The number of nitrogens with one attached hydrogen (secondary N) is 1. The molecule has 5 rings (SSSR count). The third-order valence-electron chi connectivity index (χ3n) is 6.58. The van der Waals surface area contributed by atoms with Gasteiger partial charge in [0, 0.05) is 6.42 Å². The van der Waals surface area contributed by atoms with Crippen molar-refractivity contribution < 1.29 is 19.1 Å². The van der Waals surface area contributed by atoms with E-state index in [1.807, 2.05) is 84.9 Å². The van der Waals surface area contributed by atoms with Gasteiger partial charge in [-0.3, -0.25) is 19.3 Å². The molecule has 3 amide bonds. The zero-order valence-electron chi connectivity index (χ0n) is 20.3. The van der Waals surface area contributed by atoms with Gasteiger partial charge in [0.2, 0.25) is 5.91 Å². The summed E-state index contributed by atoms with van der Waals surface area (Å²) in [7, 11) is 1.60. The van der Waals surface area contributed by atoms with E-state index in [0.29, 0.717) is 16.9 Å². The number of methoxy groups -OCH3 is 1. The molecule has 1 heterocycles. The molecule has 0 fully saturated rings. The maximum Gasteiger partial charge on any atom is 0.262 e. The number of benzene rings is 4. The molecule has 184 valence electrons. The van der Waals surface area contributed by atoms with Gasteiger partial charge in [0.15, 0.2) is 0 Å². The lowest BCUT2D eigenvalue weighted by molar-refractivity contribution is -0.125. The number of carbonyl (C=O) groups excluding carboxylic acids is 3. The van der Waals surface area contributed by atoms with E-state index in [4.69, 9.17) is 4.74 Å². The molecule has 1 aliphatic rings. The Morgan fingerprint density at radius 1 is 0.730 bits per heavy atom. The zero-order valence-corrected chi connectivity index (χ0v) is 20.3. The van der Waals surface area contributed by atoms with E-state index in [1.165, 1.54) is 0 Å². The first-order valence-corrected chi connectivity index (χ1v) is 12.1. The molecule has 0 saturated heterocycles. The summed E-state index contributed by atoms with van der Waals surface area (Å²) in [6, 6.07) is 31.6. The molecule has 0 aromatic heterocycles. The average Bonchev–Trinajstić information content (AvgIpc) is 3.21. The van der Waals surface area contributed by atoms with E-state index in [2.05, 4.69) is 5.32 Å². The number of carbonyl (C=O) groups is 3. The van der Waals surface area contributed by atoms with Crippen LogP contribution in [0.15, 0.2) is 109 Å². The molecule has 0 bridgehead atoms. The largest absolute Gasteiger partial charge is 0.497 e. The van der Waals surface area contributed by atoms with E-state index in [9.17, 15) is 14.4 Å². The molecule has 4 aromatic rings. The second-order valence-electron chi connectivity index (χ2n) is 8.86. The van der Waals surface area contributed by atoms with Crippen LogP contribution in [0.25, 0.3) is 0 Å². The summed E-state index contributed by atoms with van der Waals surface area (Å²) in [6.45, 7) is 0. The second-order valence-corrected chi connectivity index (χ2v) is 8.86. The van der Waals surface area contributed by atoms with Crippen molar-refractivity contribution in [2.24, 2.45) is 0 Å². The van der Waals surface area contributed by atoms with Crippen LogP contribution in [0.1, 0.15) is 43.4 Å². The van der Waals surface area contributed by atoms with Crippen molar-refractivity contribution in [2.75, 3.05) is 7.11 Å². The topological polar surface area (TPSA) is 75.7 Å². The number of ether oxygens (including phenoxy) is 1. The zero-order chi connectivity index (χ0) is 25.8. The minimum absolute atomic E-state index is 0.197. The summed E-state index contributed by atoms with van der Waals surface area (Å²) in [4.78, 5) is 41.8. The van der Waals surface area contributed by atoms with Gasteiger partial charge in [-0.15, -0.1) is 0 Å². The SMILES string of the molecule is COc1ccc([C@H](NC(=O)[C@@H](Cc2ccccc2)N2C(=O)c3ccccc3C2=O)c2ccccc2)cc1. The van der Waals surface area contributed by atoms with Crippen LogP contribution in [0.3, 0.4) is 0 Å². The summed E-state index contributed by atoms with van der Waals surface area (Å²) >= 11 is 0. The Hall–Kier alpha value is -4.71. The summed E-state index contributed by atoms with van der Waals surface area (Å²) in [5.74, 6) is -0.632. The normalized spacial score (nSPS) is 14.1. The molecule has 1 aliphatic heterocycles. The maximum absolute atomic E-state index is 14.0. The van der Waals surface area contributed by atoms with Crippen molar-refractivity contribution in [3.05, 3.63) is 137 Å². The number of amides is 3. The number of rotatable bonds is 8. The molecule has 0 spiro atoms. The molecule has 0 saturated carbocycles. The predicted octanol–water partition coefficient (Wildman–Crippen LogP) is 4.81. The summed E-state index contributed by atoms with van der Waals surface area (Å²) in [5.41, 5.74) is 3.20. The third-order valence-corrected chi connectivity index (χ3v) is 6.58. The fourth-order valence-electron chi connectivity index (χ4n) is 4.67. The van der Waals surface area contributed by atoms with Gasteiger partial charge in [0.05, 0.1) is 24.3 Å². The molecular formula is C31H26N2O4. The Labute approximate surface area is 215 Å². The van der Waals surface area contributed by atoms with Gasteiger partial charge in [-0.05, 0) is 41.0 Å². The summed E-state index contributed by atoms with van der Waals surface area (Å²) in [6.07, 6.45) is 0.197. The molecule has 37 heavy (non-hydrogen) atoms. The standard InChI is InChI=1S/C31H26N2O4/c1-37-24-18-16-23(17-19-24)28(22-12-6-3-7-13-22)32-29(34)27(20-21-10-4-2-5-11-21)33-30(35)25-14-8-9-15-26(25)31(33)36/h2-19,27-28H,20H2,1H3,(H,32,34)/t27-,28-/m1/s1. The monoisotopic (exact) mass is 490 g/mol. The highest BCUT2D eigenvalue weighted by atomic mass is 16.5. The van der Waals surface area contributed by atoms with Crippen molar-refractivity contribution >= 4 is 17.7 Å². The highest BCUT2D eigenvalue weighted by molar-refractivity contribution is 6.22. The van der Waals surface area contributed by atoms with Crippen molar-refractivity contribution in [2.45, 2.75) is 18.5 Å². The Bertz CT molecular complexity index is 1380. The van der Waals surface area contributed by atoms with Gasteiger partial charge < -0.3 is 10.1 Å². The summed E-state index contributed by atoms with van der Waals surface area (Å²) < 4.78 is 5.29. The first-order chi connectivity index (χ1) is 18.1. The van der Waals surface area contributed by atoms with Crippen molar-refractivity contribution in [1.82, 2.24) is 10.2 Å². The number of nitrogens with zero attached hydrogens (tertiary/aromatic N) is 1. The lowest BCUT2D eigenvalue weighted by Gasteiger charge is -2.28. The van der Waals surface area contributed by atoms with Crippen LogP contribution in [0.5, 0.6) is 5.75 Å². The first kappa shape index (κ1) is 24.0. The molecule has 0 unspecified atom stereocenters. The number of hydrogen-bond acceptors (Lipinski definition) is 4. The lowest BCUT2D eigenvalue weighted by atomic mass is 9.97. The molecule has 6 nitrogen and oxygen atoms in total. The van der Waals surface area contributed by atoms with Crippen LogP contribution < -0.4 is 10.1 Å². The van der Waals surface area contributed by atoms with Crippen molar-refractivity contribution in [3.63, 3.8) is 0 Å². The molecule has 0 aliphatic carbocycles. The number of fused-ring (bicyclic) bond motifs is 1. The van der Waals surface area contributed by atoms with Gasteiger partial charge in [-0.2, -0.15) is 0 Å². The minimum Gasteiger partial charge on any atom is -0.497 e. The predicted molar refractivity (Wildman–Crippen MR) is 140 cm³/mol. The Kier molecular flexibility index (Phi) is 6.81. The van der Waals surface area contributed by atoms with E-state index in [-0.39, 0.29) is 6.42 Å². The molecular weight excluding hydrogens is 464 g/mol. The van der Waals surface area contributed by atoms with Crippen molar-refractivity contribution in [3.8, 4) is 5.75 Å². The molecule has 4 aromatic carbocycles. The summed E-state index contributed by atoms with van der Waals surface area (Å²) in [5, 5.41) is 3.13. The Balaban J connectivity index is 1.51. The van der Waals surface area contributed by atoms with Crippen molar-refractivity contribution in [1.29, 1.82) is 0 Å². The fraction of sp³-hybridized carbons (Fsp3) is 0.129. The van der Waals surface area contributed by atoms with Crippen LogP contribution >= 0.6 is 0 Å². The minimum atomic E-state index is -1.03. The second kappa shape index (κ2) is 10.5. The smallest absolute Gasteiger partial charge is 0.262 e. The van der Waals surface area contributed by atoms with Crippen LogP contribution in [0.2, 0.25) is 0 Å². The Morgan fingerprint density at radius 2 is 1.24 bits per heavy atom. The first-order valence-electron chi connectivity index (χ1n) is 12.1. The Morgan fingerprint density at radius 3 is 1.81 bits per heavy atom. The van der Waals surface area contributed by atoms with Gasteiger partial charge in [0.25, 0.3) is 11.8 Å². The van der Waals surface area contributed by atoms with Crippen LogP contribution in [-0.4, -0.2) is 35.8 Å². The van der Waals surface area contributed by atoms with Crippen LogP contribution in [0.4, 0.5) is 0 Å². The third kappa shape index (κ3) is 4.86. The molecule has 2 atom stereocenters. The highest BCUT2D eigenvalue weighted by Gasteiger charge is 2.43. The van der Waals surface area contributed by atoms with E-state index in [0.717, 1.165) is 21.6 Å². The lowest BCUT2D eigenvalue weighted by Crippen LogP contribution is -2.51. The quantitative estimate of drug-likeness (QED) is 0.360. The van der Waals surface area contributed by atoms with E-state index < -0.39 is 29.8 Å². The molecule has 0 radical (unpaired) electrons. The molecule has 1 N–H and O–H groups in total. The fourth-order valence-corrected chi connectivity index (χ4v) is 4.67. The molecule has 6 heteroatoms. The number of imide groups is 1. The van der Waals surface area contributed by atoms with Gasteiger partial charge in [-0.25, -0.2) is 0 Å². The van der Waals surface area contributed by atoms with Gasteiger partial charge >= 0.3 is 0 Å². The average molecular weight is 491 g/mol. The highest BCUT2D eigenvalue weighted by Crippen LogP contribution is 2.28. The van der Waals surface area contributed by atoms with Crippen LogP contribution in [-0.2, 0) is 11.2 Å². The number of hydrogen-bond donors (Lipinski definition) is 1. The van der Waals surface area contributed by atoms with Gasteiger partial charge in [-0.1, -0.05) is 84.9 Å². The van der Waals surface area contributed by atoms with E-state index >= 15 is 0 Å².